The molecule has 0 radical (unpaired) electrons. The molecule has 0 aliphatic carbocycles. The van der Waals surface area contributed by atoms with E-state index in [1.165, 1.54) is 0 Å². The van der Waals surface area contributed by atoms with Crippen molar-refractivity contribution in [3.8, 4) is 0 Å². The first-order valence-corrected chi connectivity index (χ1v) is 7.30. The van der Waals surface area contributed by atoms with Crippen LogP contribution in [0.15, 0.2) is 18.2 Å². The van der Waals surface area contributed by atoms with Gasteiger partial charge in [0, 0.05) is 11.6 Å². The van der Waals surface area contributed by atoms with Gasteiger partial charge in [-0.15, -0.1) is 0 Å². The van der Waals surface area contributed by atoms with E-state index in [1.54, 1.807) is 18.2 Å². The van der Waals surface area contributed by atoms with Crippen LogP contribution in [0.2, 0.25) is 10.0 Å². The molecule has 0 heterocycles. The summed E-state index contributed by atoms with van der Waals surface area (Å²) >= 11 is 11.7. The van der Waals surface area contributed by atoms with Gasteiger partial charge in [0.05, 0.1) is 10.7 Å². The average Bonchev–Trinajstić information content (AvgIpc) is 2.39. The number of carbonyl (C=O) groups is 2. The third-order valence-corrected chi connectivity index (χ3v) is 3.19. The second kappa shape index (κ2) is 8.82. The van der Waals surface area contributed by atoms with Crippen LogP contribution in [0.1, 0.15) is 32.6 Å². The highest BCUT2D eigenvalue weighted by Gasteiger charge is 2.11. The largest absolute Gasteiger partial charge is 0.356 e. The summed E-state index contributed by atoms with van der Waals surface area (Å²) in [6.45, 7) is 2.68. The molecule has 20 heavy (non-hydrogen) atoms. The van der Waals surface area contributed by atoms with Crippen LogP contribution in [0.5, 0.6) is 0 Å². The SMILES string of the molecule is CCCCCNC(=O)CC(=O)Nc1cc(Cl)ccc1Cl. The molecule has 0 unspecified atom stereocenters. The number of carbonyl (C=O) groups excluding carboxylic acids is 2. The fraction of sp³-hybridized carbons (Fsp3) is 0.429. The highest BCUT2D eigenvalue weighted by atomic mass is 35.5. The lowest BCUT2D eigenvalue weighted by Gasteiger charge is -2.08. The Kier molecular flexibility index (Phi) is 7.41. The van der Waals surface area contributed by atoms with Crippen molar-refractivity contribution in [2.24, 2.45) is 0 Å². The molecule has 110 valence electrons. The molecular weight excluding hydrogens is 299 g/mol. The maximum absolute atomic E-state index is 11.7. The summed E-state index contributed by atoms with van der Waals surface area (Å²) in [5, 5.41) is 6.12. The molecule has 6 heteroatoms. The van der Waals surface area contributed by atoms with Crippen LogP contribution in [0.3, 0.4) is 0 Å². The summed E-state index contributed by atoms with van der Waals surface area (Å²) < 4.78 is 0. The summed E-state index contributed by atoms with van der Waals surface area (Å²) in [5.74, 6) is -0.709. The van der Waals surface area contributed by atoms with Crippen LogP contribution in [-0.2, 0) is 9.59 Å². The van der Waals surface area contributed by atoms with Gasteiger partial charge in [-0.1, -0.05) is 43.0 Å². The lowest BCUT2D eigenvalue weighted by molar-refractivity contribution is -0.126. The smallest absolute Gasteiger partial charge is 0.233 e. The zero-order chi connectivity index (χ0) is 15.0. The number of unbranched alkanes of at least 4 members (excludes halogenated alkanes) is 2. The number of nitrogens with one attached hydrogen (secondary N) is 2. The van der Waals surface area contributed by atoms with Crippen LogP contribution >= 0.6 is 23.2 Å². The molecule has 0 saturated carbocycles. The van der Waals surface area contributed by atoms with Gasteiger partial charge in [0.2, 0.25) is 11.8 Å². The van der Waals surface area contributed by atoms with Gasteiger partial charge in [0.25, 0.3) is 0 Å². The molecule has 2 amide bonds. The fourth-order valence-electron chi connectivity index (χ4n) is 1.60. The number of benzene rings is 1. The van der Waals surface area contributed by atoms with Crippen molar-refractivity contribution in [1.82, 2.24) is 5.32 Å². The monoisotopic (exact) mass is 316 g/mol. The van der Waals surface area contributed by atoms with Crippen LogP contribution in [0.4, 0.5) is 5.69 Å². The number of amides is 2. The quantitative estimate of drug-likeness (QED) is 0.596. The molecule has 0 aromatic heterocycles. The predicted molar refractivity (Wildman–Crippen MR) is 82.2 cm³/mol. The highest BCUT2D eigenvalue weighted by molar-refractivity contribution is 6.35. The summed E-state index contributed by atoms with van der Waals surface area (Å²) in [7, 11) is 0. The van der Waals surface area contributed by atoms with Crippen molar-refractivity contribution in [1.29, 1.82) is 0 Å². The normalized spacial score (nSPS) is 10.2. The second-order valence-corrected chi connectivity index (χ2v) is 5.25. The van der Waals surface area contributed by atoms with Crippen molar-refractivity contribution < 1.29 is 9.59 Å². The summed E-state index contributed by atoms with van der Waals surface area (Å²) in [6.07, 6.45) is 2.84. The molecular formula is C14H18Cl2N2O2. The van der Waals surface area contributed by atoms with E-state index in [0.29, 0.717) is 22.3 Å². The minimum Gasteiger partial charge on any atom is -0.356 e. The molecule has 0 atom stereocenters. The Morgan fingerprint density at radius 3 is 2.60 bits per heavy atom. The van der Waals surface area contributed by atoms with Crippen molar-refractivity contribution in [2.75, 3.05) is 11.9 Å². The predicted octanol–water partition coefficient (Wildman–Crippen LogP) is 3.63. The van der Waals surface area contributed by atoms with Gasteiger partial charge in [0.1, 0.15) is 6.42 Å². The van der Waals surface area contributed by atoms with Gasteiger partial charge in [-0.3, -0.25) is 9.59 Å². The van der Waals surface area contributed by atoms with Gasteiger partial charge in [-0.05, 0) is 24.6 Å². The molecule has 0 aliphatic heterocycles. The van der Waals surface area contributed by atoms with Crippen LogP contribution in [0, 0.1) is 0 Å². The first-order valence-electron chi connectivity index (χ1n) is 6.54. The molecule has 1 aromatic rings. The number of halogens is 2. The number of anilines is 1. The van der Waals surface area contributed by atoms with E-state index in [2.05, 4.69) is 17.6 Å². The summed E-state index contributed by atoms with van der Waals surface area (Å²) in [5.41, 5.74) is 0.406. The maximum Gasteiger partial charge on any atom is 0.233 e. The molecule has 0 fully saturated rings. The zero-order valence-electron chi connectivity index (χ0n) is 11.3. The molecule has 0 aliphatic rings. The van der Waals surface area contributed by atoms with E-state index in [1.807, 2.05) is 0 Å². The first-order chi connectivity index (χ1) is 9.52. The maximum atomic E-state index is 11.7. The van der Waals surface area contributed by atoms with Crippen molar-refractivity contribution >= 4 is 40.7 Å². The molecule has 1 aromatic carbocycles. The van der Waals surface area contributed by atoms with Crippen molar-refractivity contribution in [2.45, 2.75) is 32.6 Å². The Morgan fingerprint density at radius 2 is 1.90 bits per heavy atom. The zero-order valence-corrected chi connectivity index (χ0v) is 12.9. The van der Waals surface area contributed by atoms with E-state index < -0.39 is 5.91 Å². The number of rotatable bonds is 7. The summed E-state index contributed by atoms with van der Waals surface area (Å²) in [6, 6.07) is 4.76. The van der Waals surface area contributed by atoms with Gasteiger partial charge in [-0.25, -0.2) is 0 Å². The molecule has 1 rings (SSSR count). The van der Waals surface area contributed by atoms with E-state index in [0.717, 1.165) is 19.3 Å². The van der Waals surface area contributed by atoms with Crippen LogP contribution in [0.25, 0.3) is 0 Å². The lowest BCUT2D eigenvalue weighted by atomic mass is 10.2. The Hall–Kier alpha value is -1.26. The average molecular weight is 317 g/mol. The van der Waals surface area contributed by atoms with Crippen LogP contribution < -0.4 is 10.6 Å². The Balaban J connectivity index is 2.39. The van der Waals surface area contributed by atoms with E-state index in [9.17, 15) is 9.59 Å². The van der Waals surface area contributed by atoms with Gasteiger partial charge >= 0.3 is 0 Å². The minimum absolute atomic E-state index is 0.227. The van der Waals surface area contributed by atoms with E-state index >= 15 is 0 Å². The van der Waals surface area contributed by atoms with Crippen LogP contribution in [-0.4, -0.2) is 18.4 Å². The Bertz CT molecular complexity index is 478. The topological polar surface area (TPSA) is 58.2 Å². The third kappa shape index (κ3) is 6.26. The second-order valence-electron chi connectivity index (χ2n) is 4.41. The molecule has 2 N–H and O–H groups in total. The Labute approximate surface area is 128 Å². The number of hydrogen-bond acceptors (Lipinski definition) is 2. The number of hydrogen-bond donors (Lipinski definition) is 2. The van der Waals surface area contributed by atoms with Crippen molar-refractivity contribution in [3.63, 3.8) is 0 Å². The molecule has 0 spiro atoms. The Morgan fingerprint density at radius 1 is 1.15 bits per heavy atom. The molecule has 4 nitrogen and oxygen atoms in total. The standard InChI is InChI=1S/C14H18Cl2N2O2/c1-2-3-4-7-17-13(19)9-14(20)18-12-8-10(15)5-6-11(12)16/h5-6,8H,2-4,7,9H2,1H3,(H,17,19)(H,18,20). The van der Waals surface area contributed by atoms with Gasteiger partial charge in [-0.2, -0.15) is 0 Å². The van der Waals surface area contributed by atoms with Gasteiger partial charge in [0.15, 0.2) is 0 Å². The molecule has 0 saturated heterocycles. The minimum atomic E-state index is -0.415. The van der Waals surface area contributed by atoms with E-state index in [4.69, 9.17) is 23.2 Å². The van der Waals surface area contributed by atoms with Gasteiger partial charge < -0.3 is 10.6 Å². The lowest BCUT2D eigenvalue weighted by Crippen LogP contribution is -2.28. The third-order valence-electron chi connectivity index (χ3n) is 2.63. The fourth-order valence-corrected chi connectivity index (χ4v) is 1.94. The highest BCUT2D eigenvalue weighted by Crippen LogP contribution is 2.25. The van der Waals surface area contributed by atoms with Crippen molar-refractivity contribution in [3.05, 3.63) is 28.2 Å². The van der Waals surface area contributed by atoms with E-state index in [-0.39, 0.29) is 12.3 Å². The summed E-state index contributed by atoms with van der Waals surface area (Å²) in [4.78, 5) is 23.2. The first kappa shape index (κ1) is 16.8. The molecule has 0 bridgehead atoms.